The fourth-order valence-corrected chi connectivity index (χ4v) is 0.528. The zero-order chi connectivity index (χ0) is 5.98. The van der Waals surface area contributed by atoms with Crippen LogP contribution in [0.5, 0.6) is 0 Å². The summed E-state index contributed by atoms with van der Waals surface area (Å²) in [4.78, 5) is 20.0. The van der Waals surface area contributed by atoms with Gasteiger partial charge in [-0.25, -0.2) is 9.59 Å². The molecule has 0 aromatic carbocycles. The van der Waals surface area contributed by atoms with Crippen molar-refractivity contribution < 1.29 is 14.3 Å². The highest BCUT2D eigenvalue weighted by atomic mass is 16.5. The van der Waals surface area contributed by atoms with Gasteiger partial charge in [0.2, 0.25) is 0 Å². The Morgan fingerprint density at radius 2 is 2.38 bits per heavy atom. The predicted octanol–water partition coefficient (Wildman–Crippen LogP) is -0.309. The summed E-state index contributed by atoms with van der Waals surface area (Å²) >= 11 is 0. The number of hydrogen-bond acceptors (Lipinski definition) is 3. The monoisotopic (exact) mass is 112 g/mol. The maximum atomic E-state index is 10.3. The van der Waals surface area contributed by atoms with Crippen LogP contribution in [0.2, 0.25) is 0 Å². The average Bonchev–Trinajstić information content (AvgIpc) is 2.14. The van der Waals surface area contributed by atoms with Crippen LogP contribution in [0.1, 0.15) is 6.42 Å². The number of hydrogen-bond donors (Lipinski definition) is 0. The molecule has 3 heteroatoms. The van der Waals surface area contributed by atoms with E-state index >= 15 is 0 Å². The Hall–Kier alpha value is -1.08. The van der Waals surface area contributed by atoms with Gasteiger partial charge in [-0.15, -0.1) is 0 Å². The maximum absolute atomic E-state index is 10.3. The van der Waals surface area contributed by atoms with Gasteiger partial charge in [-0.2, -0.15) is 0 Å². The third kappa shape index (κ3) is 0.634. The molecule has 0 bridgehead atoms. The van der Waals surface area contributed by atoms with Crippen LogP contribution in [-0.4, -0.2) is 18.5 Å². The molecule has 1 heterocycles. The fraction of sp³-hybridized carbons (Fsp3) is 0.400. The highest BCUT2D eigenvalue weighted by Gasteiger charge is 2.18. The summed E-state index contributed by atoms with van der Waals surface area (Å²) in [6.07, 6.45) is 0.419. The van der Waals surface area contributed by atoms with E-state index in [9.17, 15) is 9.59 Å². The molecule has 0 radical (unpaired) electrons. The highest BCUT2D eigenvalue weighted by molar-refractivity contribution is 5.98. The van der Waals surface area contributed by atoms with Gasteiger partial charge in [0.05, 0.1) is 6.61 Å². The van der Waals surface area contributed by atoms with Crippen LogP contribution in [0.4, 0.5) is 0 Å². The molecule has 3 nitrogen and oxygen atoms in total. The third-order valence-electron chi connectivity index (χ3n) is 0.955. The zero-order valence-electron chi connectivity index (χ0n) is 4.14. The molecule has 1 saturated heterocycles. The minimum Gasteiger partial charge on any atom is -0.461 e. The number of ether oxygens (including phenoxy) is 1. The molecule has 0 atom stereocenters. The van der Waals surface area contributed by atoms with Gasteiger partial charge in [-0.1, -0.05) is 0 Å². The van der Waals surface area contributed by atoms with Gasteiger partial charge < -0.3 is 4.74 Å². The normalized spacial score (nSPS) is 18.0. The topological polar surface area (TPSA) is 43.4 Å². The molecular weight excluding hydrogens is 108 g/mol. The minimum absolute atomic E-state index is 0.130. The fourth-order valence-electron chi connectivity index (χ4n) is 0.528. The Bertz CT molecular complexity index is 165. The first-order chi connectivity index (χ1) is 3.84. The van der Waals surface area contributed by atoms with Crippen molar-refractivity contribution in [3.8, 4) is 0 Å². The lowest BCUT2D eigenvalue weighted by molar-refractivity contribution is -0.134. The van der Waals surface area contributed by atoms with Gasteiger partial charge >= 0.3 is 5.97 Å². The molecule has 0 amide bonds. The molecular formula is C5H4O3. The van der Waals surface area contributed by atoms with Crippen molar-refractivity contribution in [3.05, 3.63) is 5.57 Å². The van der Waals surface area contributed by atoms with Gasteiger partial charge in [0.15, 0.2) is 0 Å². The molecule has 0 spiro atoms. The van der Waals surface area contributed by atoms with E-state index in [0.29, 0.717) is 13.0 Å². The van der Waals surface area contributed by atoms with Gasteiger partial charge in [-0.3, -0.25) is 0 Å². The Morgan fingerprint density at radius 3 is 2.62 bits per heavy atom. The summed E-state index contributed by atoms with van der Waals surface area (Å²) in [5.41, 5.74) is 0.130. The first-order valence-corrected chi connectivity index (χ1v) is 2.25. The Kier molecular flexibility index (Phi) is 1.14. The lowest BCUT2D eigenvalue weighted by atomic mass is 10.3. The maximum Gasteiger partial charge on any atom is 0.345 e. The number of carbonyl (C=O) groups excluding carboxylic acids is 2. The van der Waals surface area contributed by atoms with E-state index < -0.39 is 5.97 Å². The standard InChI is InChI=1S/C5H4O3/c6-3-4-1-2-8-5(4)7/h1-2H2. The minimum atomic E-state index is -0.514. The summed E-state index contributed by atoms with van der Waals surface area (Å²) in [6.45, 7) is 0.337. The van der Waals surface area contributed by atoms with Crippen molar-refractivity contribution in [1.82, 2.24) is 0 Å². The van der Waals surface area contributed by atoms with Crippen molar-refractivity contribution in [2.45, 2.75) is 6.42 Å². The molecule has 0 aliphatic carbocycles. The molecule has 0 unspecified atom stereocenters. The Labute approximate surface area is 45.9 Å². The van der Waals surface area contributed by atoms with Gasteiger partial charge in [-0.05, 0) is 0 Å². The predicted molar refractivity (Wildman–Crippen MR) is 24.8 cm³/mol. The number of cyclic esters (lactones) is 1. The molecule has 0 aromatic rings. The molecule has 42 valence electrons. The molecule has 0 N–H and O–H groups in total. The Balaban J connectivity index is 2.84. The van der Waals surface area contributed by atoms with Crippen LogP contribution in [0, 0.1) is 0 Å². The molecule has 1 aliphatic rings. The Morgan fingerprint density at radius 1 is 1.62 bits per heavy atom. The first kappa shape index (κ1) is 5.06. The summed E-state index contributed by atoms with van der Waals surface area (Å²) in [7, 11) is 0. The quantitative estimate of drug-likeness (QED) is 0.245. The van der Waals surface area contributed by atoms with Crippen molar-refractivity contribution >= 4 is 11.9 Å². The lowest BCUT2D eigenvalue weighted by Gasteiger charge is -1.81. The van der Waals surface area contributed by atoms with Gasteiger partial charge in [0, 0.05) is 6.42 Å². The smallest absolute Gasteiger partial charge is 0.345 e. The van der Waals surface area contributed by atoms with Crippen LogP contribution in [0.3, 0.4) is 0 Å². The van der Waals surface area contributed by atoms with Crippen LogP contribution >= 0.6 is 0 Å². The van der Waals surface area contributed by atoms with Gasteiger partial charge in [0.1, 0.15) is 11.5 Å². The average molecular weight is 112 g/mol. The summed E-state index contributed by atoms with van der Waals surface area (Å²) < 4.78 is 4.42. The van der Waals surface area contributed by atoms with Crippen molar-refractivity contribution in [1.29, 1.82) is 0 Å². The second-order valence-electron chi connectivity index (χ2n) is 1.47. The summed E-state index contributed by atoms with van der Waals surface area (Å²) in [5, 5.41) is 0. The molecule has 1 aliphatic heterocycles. The van der Waals surface area contributed by atoms with Crippen LogP contribution < -0.4 is 0 Å². The van der Waals surface area contributed by atoms with E-state index in [1.165, 1.54) is 5.94 Å². The largest absolute Gasteiger partial charge is 0.461 e. The lowest BCUT2D eigenvalue weighted by Crippen LogP contribution is -1.94. The van der Waals surface area contributed by atoms with Crippen molar-refractivity contribution in [3.63, 3.8) is 0 Å². The molecule has 1 rings (SSSR count). The highest BCUT2D eigenvalue weighted by Crippen LogP contribution is 2.07. The van der Waals surface area contributed by atoms with E-state index in [4.69, 9.17) is 0 Å². The first-order valence-electron chi connectivity index (χ1n) is 2.25. The van der Waals surface area contributed by atoms with Crippen molar-refractivity contribution in [2.24, 2.45) is 0 Å². The number of carbonyl (C=O) groups is 1. The van der Waals surface area contributed by atoms with Crippen LogP contribution in [-0.2, 0) is 14.3 Å². The SMILES string of the molecule is O=C=C1CCOC1=O. The van der Waals surface area contributed by atoms with E-state index in [-0.39, 0.29) is 5.57 Å². The van der Waals surface area contributed by atoms with E-state index in [1.807, 2.05) is 0 Å². The molecule has 8 heavy (non-hydrogen) atoms. The summed E-state index contributed by atoms with van der Waals surface area (Å²) in [5.74, 6) is 0.992. The third-order valence-corrected chi connectivity index (χ3v) is 0.955. The van der Waals surface area contributed by atoms with Crippen molar-refractivity contribution in [2.75, 3.05) is 6.61 Å². The van der Waals surface area contributed by atoms with E-state index in [0.717, 1.165) is 0 Å². The van der Waals surface area contributed by atoms with E-state index in [1.54, 1.807) is 0 Å². The van der Waals surface area contributed by atoms with Gasteiger partial charge in [0.25, 0.3) is 0 Å². The van der Waals surface area contributed by atoms with E-state index in [2.05, 4.69) is 4.74 Å². The zero-order valence-corrected chi connectivity index (χ0v) is 4.14. The number of esters is 1. The number of rotatable bonds is 0. The van der Waals surface area contributed by atoms with Crippen LogP contribution in [0.15, 0.2) is 5.57 Å². The van der Waals surface area contributed by atoms with Crippen LogP contribution in [0.25, 0.3) is 0 Å². The summed E-state index contributed by atoms with van der Waals surface area (Å²) in [6, 6.07) is 0. The molecule has 1 fully saturated rings. The molecule has 0 saturated carbocycles. The second kappa shape index (κ2) is 1.80. The molecule has 0 aromatic heterocycles. The second-order valence-corrected chi connectivity index (χ2v) is 1.47.